The van der Waals surface area contributed by atoms with E-state index < -0.39 is 5.97 Å². The van der Waals surface area contributed by atoms with Crippen LogP contribution < -0.4 is 0 Å². The Hall–Kier alpha value is -1.49. The van der Waals surface area contributed by atoms with Crippen molar-refractivity contribution in [3.05, 3.63) is 23.8 Å². The van der Waals surface area contributed by atoms with Gasteiger partial charge in [-0.3, -0.25) is 19.7 Å². The van der Waals surface area contributed by atoms with Crippen LogP contribution in [0.25, 0.3) is 0 Å². The number of aryl methyl sites for hydroxylation is 1. The van der Waals surface area contributed by atoms with E-state index in [1.807, 2.05) is 6.92 Å². The Kier molecular flexibility index (Phi) is 5.28. The summed E-state index contributed by atoms with van der Waals surface area (Å²) in [7, 11) is 0. The number of hydrogen-bond acceptors (Lipinski definition) is 4. The minimum atomic E-state index is -0.697. The molecule has 1 saturated heterocycles. The summed E-state index contributed by atoms with van der Waals surface area (Å²) in [5.74, 6) is -0.0211. The zero-order chi connectivity index (χ0) is 15.4. The molecule has 1 N–H and O–H groups in total. The summed E-state index contributed by atoms with van der Waals surface area (Å²) in [4.78, 5) is 22.1. The number of rotatable bonds is 5. The average molecular weight is 291 g/mol. The van der Waals surface area contributed by atoms with Gasteiger partial charge >= 0.3 is 5.97 Å². The highest BCUT2D eigenvalue weighted by atomic mass is 16.4. The summed E-state index contributed by atoms with van der Waals surface area (Å²) >= 11 is 0. The summed E-state index contributed by atoms with van der Waals surface area (Å²) in [5.41, 5.74) is 2.01. The summed E-state index contributed by atoms with van der Waals surface area (Å²) < 4.78 is 0. The Labute approximate surface area is 126 Å². The lowest BCUT2D eigenvalue weighted by atomic mass is 9.84. The minimum Gasteiger partial charge on any atom is -0.481 e. The van der Waals surface area contributed by atoms with E-state index in [0.29, 0.717) is 5.92 Å². The van der Waals surface area contributed by atoms with E-state index in [0.717, 1.165) is 37.3 Å². The second-order valence-corrected chi connectivity index (χ2v) is 6.18. The molecule has 3 atom stereocenters. The monoisotopic (exact) mass is 291 g/mol. The Morgan fingerprint density at radius 3 is 2.81 bits per heavy atom. The average Bonchev–Trinajstić information content (AvgIpc) is 2.46. The van der Waals surface area contributed by atoms with Gasteiger partial charge in [0.25, 0.3) is 0 Å². The molecule has 0 saturated carbocycles. The first kappa shape index (κ1) is 15.9. The molecule has 1 aliphatic rings. The van der Waals surface area contributed by atoms with Gasteiger partial charge in [-0.1, -0.05) is 6.92 Å². The largest absolute Gasteiger partial charge is 0.481 e. The van der Waals surface area contributed by atoms with Crippen LogP contribution in [-0.2, 0) is 4.79 Å². The SMILES string of the molecule is Cc1nccnc1C(C)N1CCCC(C(C)CC(=O)O)C1. The normalized spacial score (nSPS) is 22.7. The maximum absolute atomic E-state index is 10.9. The fraction of sp³-hybridized carbons (Fsp3) is 0.688. The predicted octanol–water partition coefficient (Wildman–Crippen LogP) is 2.67. The van der Waals surface area contributed by atoms with Gasteiger partial charge in [-0.2, -0.15) is 0 Å². The highest BCUT2D eigenvalue weighted by Crippen LogP contribution is 2.31. The number of carbonyl (C=O) groups is 1. The van der Waals surface area contributed by atoms with Crippen LogP contribution in [0.1, 0.15) is 50.5 Å². The molecule has 5 heteroatoms. The molecule has 0 spiro atoms. The van der Waals surface area contributed by atoms with Crippen LogP contribution >= 0.6 is 0 Å². The maximum atomic E-state index is 10.9. The molecular formula is C16H25N3O2. The number of carboxylic acid groups (broad SMARTS) is 1. The molecule has 5 nitrogen and oxygen atoms in total. The highest BCUT2D eigenvalue weighted by molar-refractivity contribution is 5.67. The van der Waals surface area contributed by atoms with Crippen molar-refractivity contribution in [2.45, 2.75) is 46.1 Å². The Bertz CT molecular complexity index is 492. The molecule has 0 amide bonds. The van der Waals surface area contributed by atoms with Gasteiger partial charge in [-0.25, -0.2) is 0 Å². The van der Waals surface area contributed by atoms with Crippen molar-refractivity contribution in [2.24, 2.45) is 11.8 Å². The van der Waals surface area contributed by atoms with E-state index in [2.05, 4.69) is 28.7 Å². The minimum absolute atomic E-state index is 0.223. The number of hydrogen-bond donors (Lipinski definition) is 1. The van der Waals surface area contributed by atoms with Crippen LogP contribution in [0.5, 0.6) is 0 Å². The Morgan fingerprint density at radius 1 is 1.43 bits per heavy atom. The maximum Gasteiger partial charge on any atom is 0.303 e. The molecule has 2 heterocycles. The Morgan fingerprint density at radius 2 is 2.14 bits per heavy atom. The van der Waals surface area contributed by atoms with Gasteiger partial charge in [0, 0.05) is 25.4 Å². The van der Waals surface area contributed by atoms with Crippen molar-refractivity contribution in [3.63, 3.8) is 0 Å². The van der Waals surface area contributed by atoms with Crippen molar-refractivity contribution in [1.29, 1.82) is 0 Å². The van der Waals surface area contributed by atoms with Gasteiger partial charge in [-0.15, -0.1) is 0 Å². The summed E-state index contributed by atoms with van der Waals surface area (Å²) in [5, 5.41) is 8.97. The van der Waals surface area contributed by atoms with E-state index in [1.54, 1.807) is 12.4 Å². The zero-order valence-electron chi connectivity index (χ0n) is 13.1. The van der Waals surface area contributed by atoms with Crippen LogP contribution in [0.3, 0.4) is 0 Å². The number of nitrogens with zero attached hydrogens (tertiary/aromatic N) is 3. The summed E-state index contributed by atoms with van der Waals surface area (Å²) in [6.45, 7) is 8.22. The standard InChI is InChI=1S/C16H25N3O2/c1-11(9-15(20)21)14-5-4-8-19(10-14)13(3)16-12(2)17-6-7-18-16/h6-7,11,13-14H,4-5,8-10H2,1-3H3,(H,20,21). The third-order valence-electron chi connectivity index (χ3n) is 4.65. The first-order valence-corrected chi connectivity index (χ1v) is 7.72. The smallest absolute Gasteiger partial charge is 0.303 e. The van der Waals surface area contributed by atoms with Crippen LogP contribution in [-0.4, -0.2) is 39.0 Å². The number of piperidine rings is 1. The van der Waals surface area contributed by atoms with E-state index >= 15 is 0 Å². The van der Waals surface area contributed by atoms with Gasteiger partial charge in [0.05, 0.1) is 17.4 Å². The fourth-order valence-corrected chi connectivity index (χ4v) is 3.30. The van der Waals surface area contributed by atoms with Crippen molar-refractivity contribution in [3.8, 4) is 0 Å². The molecule has 1 fully saturated rings. The van der Waals surface area contributed by atoms with Crippen LogP contribution in [0.4, 0.5) is 0 Å². The molecule has 0 aromatic carbocycles. The van der Waals surface area contributed by atoms with Crippen molar-refractivity contribution >= 4 is 5.97 Å². The van der Waals surface area contributed by atoms with E-state index in [1.165, 1.54) is 0 Å². The van der Waals surface area contributed by atoms with Crippen molar-refractivity contribution in [1.82, 2.24) is 14.9 Å². The predicted molar refractivity (Wildman–Crippen MR) is 80.9 cm³/mol. The quantitative estimate of drug-likeness (QED) is 0.903. The third kappa shape index (κ3) is 4.00. The van der Waals surface area contributed by atoms with Crippen molar-refractivity contribution < 1.29 is 9.90 Å². The molecular weight excluding hydrogens is 266 g/mol. The number of aliphatic carboxylic acids is 1. The van der Waals surface area contributed by atoms with E-state index in [-0.39, 0.29) is 18.4 Å². The number of carboxylic acids is 1. The summed E-state index contributed by atoms with van der Waals surface area (Å²) in [6, 6.07) is 0.235. The first-order valence-electron chi connectivity index (χ1n) is 7.72. The van der Waals surface area contributed by atoms with Gasteiger partial charge in [0.1, 0.15) is 0 Å². The van der Waals surface area contributed by atoms with Crippen LogP contribution in [0, 0.1) is 18.8 Å². The molecule has 1 aliphatic heterocycles. The lowest BCUT2D eigenvalue weighted by Gasteiger charge is -2.38. The second kappa shape index (κ2) is 6.98. The number of likely N-dealkylation sites (tertiary alicyclic amines) is 1. The lowest BCUT2D eigenvalue weighted by molar-refractivity contribution is -0.138. The lowest BCUT2D eigenvalue weighted by Crippen LogP contribution is -2.40. The number of aromatic nitrogens is 2. The molecule has 1 aromatic rings. The zero-order valence-corrected chi connectivity index (χ0v) is 13.1. The van der Waals surface area contributed by atoms with Gasteiger partial charge in [0.2, 0.25) is 0 Å². The van der Waals surface area contributed by atoms with Crippen molar-refractivity contribution in [2.75, 3.05) is 13.1 Å². The van der Waals surface area contributed by atoms with Gasteiger partial charge < -0.3 is 5.11 Å². The molecule has 1 aromatic heterocycles. The molecule has 0 bridgehead atoms. The molecule has 3 unspecified atom stereocenters. The second-order valence-electron chi connectivity index (χ2n) is 6.18. The molecule has 0 radical (unpaired) electrons. The molecule has 2 rings (SSSR count). The van der Waals surface area contributed by atoms with E-state index in [9.17, 15) is 4.79 Å². The third-order valence-corrected chi connectivity index (χ3v) is 4.65. The molecule has 0 aliphatic carbocycles. The highest BCUT2D eigenvalue weighted by Gasteiger charge is 2.29. The first-order chi connectivity index (χ1) is 9.99. The van der Waals surface area contributed by atoms with Crippen LogP contribution in [0.2, 0.25) is 0 Å². The topological polar surface area (TPSA) is 66.3 Å². The van der Waals surface area contributed by atoms with Crippen LogP contribution in [0.15, 0.2) is 12.4 Å². The van der Waals surface area contributed by atoms with Gasteiger partial charge in [-0.05, 0) is 45.1 Å². The fourth-order valence-electron chi connectivity index (χ4n) is 3.30. The van der Waals surface area contributed by atoms with Gasteiger partial charge in [0.15, 0.2) is 0 Å². The Balaban J connectivity index is 2.03. The van der Waals surface area contributed by atoms with E-state index in [4.69, 9.17) is 5.11 Å². The summed E-state index contributed by atoms with van der Waals surface area (Å²) in [6.07, 6.45) is 5.97. The molecule has 21 heavy (non-hydrogen) atoms. The molecule has 116 valence electrons.